The van der Waals surface area contributed by atoms with Crippen LogP contribution in [0.1, 0.15) is 60.6 Å². The van der Waals surface area contributed by atoms with Crippen LogP contribution >= 0.6 is 0 Å². The van der Waals surface area contributed by atoms with Gasteiger partial charge in [0.15, 0.2) is 0 Å². The molecule has 6 nitrogen and oxygen atoms in total. The lowest BCUT2D eigenvalue weighted by Crippen LogP contribution is -2.44. The summed E-state index contributed by atoms with van der Waals surface area (Å²) in [4.78, 5) is 13.1. The molecule has 0 radical (unpaired) electrons. The summed E-state index contributed by atoms with van der Waals surface area (Å²) in [6, 6.07) is 12.6. The van der Waals surface area contributed by atoms with Gasteiger partial charge < -0.3 is 10.1 Å². The molecule has 1 atom stereocenters. The molecule has 0 saturated heterocycles. The predicted octanol–water partition coefficient (Wildman–Crippen LogP) is 4.18. The summed E-state index contributed by atoms with van der Waals surface area (Å²) in [7, 11) is -3.43. The lowest BCUT2D eigenvalue weighted by molar-refractivity contribution is 0.0227. The Hall–Kier alpha value is -2.54. The van der Waals surface area contributed by atoms with E-state index < -0.39 is 10.0 Å². The molecule has 2 aromatic carbocycles. The largest absolute Gasteiger partial charge is 0.487 e. The number of nitrogens with one attached hydrogen (secondary N) is 2. The average molecular weight is 417 g/mol. The van der Waals surface area contributed by atoms with Gasteiger partial charge in [-0.05, 0) is 43.5 Å². The number of rotatable bonds is 6. The summed E-state index contributed by atoms with van der Waals surface area (Å²) in [6.45, 7) is 5.93. The Balaban J connectivity index is 1.91. The second kappa shape index (κ2) is 8.06. The Bertz CT molecular complexity index is 1010. The second-order valence-corrected chi connectivity index (χ2v) is 9.36. The van der Waals surface area contributed by atoms with Gasteiger partial charge in [-0.2, -0.15) is 0 Å². The predicted molar refractivity (Wildman–Crippen MR) is 115 cm³/mol. The minimum Gasteiger partial charge on any atom is -0.487 e. The zero-order valence-electron chi connectivity index (χ0n) is 17.3. The summed E-state index contributed by atoms with van der Waals surface area (Å²) in [5.41, 5.74) is 2.08. The number of fused-ring (bicyclic) bond motifs is 1. The fraction of sp³-hybridized carbons (Fsp3) is 0.409. The molecule has 2 N–H and O–H groups in total. The van der Waals surface area contributed by atoms with Gasteiger partial charge in [-0.1, -0.05) is 38.1 Å². The normalized spacial score (nSPS) is 17.7. The molecule has 1 unspecified atom stereocenters. The molecule has 2 aromatic rings. The number of carbonyl (C=O) groups is 1. The Morgan fingerprint density at radius 2 is 1.83 bits per heavy atom. The number of benzene rings is 2. The van der Waals surface area contributed by atoms with E-state index in [0.29, 0.717) is 23.2 Å². The van der Waals surface area contributed by atoms with E-state index in [-0.39, 0.29) is 17.6 Å². The molecule has 0 aromatic heterocycles. The van der Waals surface area contributed by atoms with Crippen molar-refractivity contribution in [1.82, 2.24) is 5.32 Å². The molecule has 7 heteroatoms. The Kier molecular flexibility index (Phi) is 5.89. The molecular formula is C22H28N2O4S. The van der Waals surface area contributed by atoms with Crippen molar-refractivity contribution in [2.24, 2.45) is 0 Å². The molecule has 1 amide bonds. The smallest absolute Gasteiger partial charge is 0.252 e. The zero-order valence-corrected chi connectivity index (χ0v) is 18.1. The number of amides is 1. The van der Waals surface area contributed by atoms with Crippen LogP contribution in [0, 0.1) is 6.92 Å². The van der Waals surface area contributed by atoms with Gasteiger partial charge in [0, 0.05) is 17.5 Å². The first kappa shape index (κ1) is 21.2. The number of anilines is 1. The van der Waals surface area contributed by atoms with Crippen LogP contribution in [0.5, 0.6) is 5.75 Å². The van der Waals surface area contributed by atoms with E-state index in [4.69, 9.17) is 4.74 Å². The topological polar surface area (TPSA) is 84.5 Å². The number of para-hydroxylation sites is 1. The van der Waals surface area contributed by atoms with E-state index in [1.165, 1.54) is 0 Å². The molecule has 1 aliphatic rings. The monoisotopic (exact) mass is 416 g/mol. The van der Waals surface area contributed by atoms with E-state index in [1.54, 1.807) is 25.1 Å². The fourth-order valence-electron chi connectivity index (χ4n) is 3.86. The van der Waals surface area contributed by atoms with Crippen LogP contribution in [0.25, 0.3) is 0 Å². The highest BCUT2D eigenvalue weighted by Crippen LogP contribution is 2.42. The van der Waals surface area contributed by atoms with Gasteiger partial charge in [-0.25, -0.2) is 8.42 Å². The Morgan fingerprint density at radius 3 is 2.48 bits per heavy atom. The van der Waals surface area contributed by atoms with Crippen molar-refractivity contribution in [3.8, 4) is 5.75 Å². The van der Waals surface area contributed by atoms with Crippen LogP contribution in [0.2, 0.25) is 0 Å². The van der Waals surface area contributed by atoms with E-state index in [9.17, 15) is 13.2 Å². The van der Waals surface area contributed by atoms with Crippen molar-refractivity contribution in [3.63, 3.8) is 0 Å². The number of carbonyl (C=O) groups excluding carboxylic acids is 1. The molecule has 156 valence electrons. The zero-order chi connectivity index (χ0) is 21.2. The highest BCUT2D eigenvalue weighted by molar-refractivity contribution is 7.92. The van der Waals surface area contributed by atoms with Gasteiger partial charge in [0.25, 0.3) is 5.91 Å². The van der Waals surface area contributed by atoms with E-state index >= 15 is 0 Å². The molecular weight excluding hydrogens is 388 g/mol. The second-order valence-electron chi connectivity index (χ2n) is 7.61. The summed E-state index contributed by atoms with van der Waals surface area (Å²) in [5, 5.41) is 3.15. The lowest BCUT2D eigenvalue weighted by atomic mass is 9.83. The van der Waals surface area contributed by atoms with Crippen molar-refractivity contribution in [3.05, 3.63) is 59.2 Å². The average Bonchev–Trinajstić information content (AvgIpc) is 2.68. The molecule has 0 spiro atoms. The van der Waals surface area contributed by atoms with E-state index in [1.807, 2.05) is 24.3 Å². The summed E-state index contributed by atoms with van der Waals surface area (Å²) in [5.74, 6) is 0.569. The van der Waals surface area contributed by atoms with Crippen molar-refractivity contribution < 1.29 is 17.9 Å². The summed E-state index contributed by atoms with van der Waals surface area (Å²) < 4.78 is 32.0. The van der Waals surface area contributed by atoms with Gasteiger partial charge >= 0.3 is 0 Å². The maximum Gasteiger partial charge on any atom is 0.252 e. The van der Waals surface area contributed by atoms with Gasteiger partial charge in [0.05, 0.1) is 18.0 Å². The molecule has 0 fully saturated rings. The SMILES string of the molecule is CCC1(CC)CC(NC(=O)c2cccc(NS(C)(=O)=O)c2C)c2ccccc2O1. The van der Waals surface area contributed by atoms with Crippen molar-refractivity contribution in [1.29, 1.82) is 0 Å². The highest BCUT2D eigenvalue weighted by atomic mass is 32.2. The minimum absolute atomic E-state index is 0.182. The van der Waals surface area contributed by atoms with Gasteiger partial charge in [0.2, 0.25) is 10.0 Å². The first-order chi connectivity index (χ1) is 13.7. The maximum atomic E-state index is 13.1. The van der Waals surface area contributed by atoms with Crippen LogP contribution in [0.3, 0.4) is 0 Å². The maximum absolute atomic E-state index is 13.1. The summed E-state index contributed by atoms with van der Waals surface area (Å²) >= 11 is 0. The van der Waals surface area contributed by atoms with E-state index in [2.05, 4.69) is 23.9 Å². The Morgan fingerprint density at radius 1 is 1.14 bits per heavy atom. The number of hydrogen-bond acceptors (Lipinski definition) is 4. The molecule has 0 bridgehead atoms. The first-order valence-corrected chi connectivity index (χ1v) is 11.7. The van der Waals surface area contributed by atoms with Crippen LogP contribution in [-0.2, 0) is 10.0 Å². The highest BCUT2D eigenvalue weighted by Gasteiger charge is 2.39. The van der Waals surface area contributed by atoms with E-state index in [0.717, 1.165) is 30.4 Å². The quantitative estimate of drug-likeness (QED) is 0.740. The molecule has 1 aliphatic heterocycles. The third kappa shape index (κ3) is 4.56. The molecule has 29 heavy (non-hydrogen) atoms. The van der Waals surface area contributed by atoms with Crippen LogP contribution in [-0.4, -0.2) is 26.2 Å². The van der Waals surface area contributed by atoms with Crippen LogP contribution in [0.15, 0.2) is 42.5 Å². The van der Waals surface area contributed by atoms with Gasteiger partial charge in [-0.15, -0.1) is 0 Å². The standard InChI is InChI=1S/C22H28N2O4S/c1-5-22(6-2)14-19(17-10-7-8-13-20(17)28-22)23-21(25)16-11-9-12-18(15(16)3)24-29(4,26)27/h7-13,19,24H,5-6,14H2,1-4H3,(H,23,25). The van der Waals surface area contributed by atoms with Gasteiger partial charge in [0.1, 0.15) is 11.4 Å². The fourth-order valence-corrected chi connectivity index (χ4v) is 4.48. The third-order valence-electron chi connectivity index (χ3n) is 5.66. The number of ether oxygens (including phenoxy) is 1. The molecule has 1 heterocycles. The summed E-state index contributed by atoms with van der Waals surface area (Å²) in [6.07, 6.45) is 3.46. The van der Waals surface area contributed by atoms with Crippen molar-refractivity contribution in [2.45, 2.75) is 51.7 Å². The first-order valence-electron chi connectivity index (χ1n) is 9.84. The molecule has 0 saturated carbocycles. The third-order valence-corrected chi connectivity index (χ3v) is 6.26. The minimum atomic E-state index is -3.43. The van der Waals surface area contributed by atoms with Gasteiger partial charge in [-0.3, -0.25) is 9.52 Å². The lowest BCUT2D eigenvalue weighted by Gasteiger charge is -2.41. The molecule has 0 aliphatic carbocycles. The molecule has 3 rings (SSSR count). The van der Waals surface area contributed by atoms with Crippen LogP contribution < -0.4 is 14.8 Å². The number of hydrogen-bond donors (Lipinski definition) is 2. The van der Waals surface area contributed by atoms with Crippen molar-refractivity contribution in [2.75, 3.05) is 11.0 Å². The van der Waals surface area contributed by atoms with Crippen LogP contribution in [0.4, 0.5) is 5.69 Å². The van der Waals surface area contributed by atoms with Crippen molar-refractivity contribution >= 4 is 21.6 Å². The number of sulfonamides is 1. The Labute approximate surface area is 172 Å².